The molecule has 66 valence electrons. The maximum atomic E-state index is 9.00. The van der Waals surface area contributed by atoms with E-state index in [1.165, 1.54) is 19.5 Å². The molecule has 0 aromatic rings. The molecule has 0 spiro atoms. The summed E-state index contributed by atoms with van der Waals surface area (Å²) < 4.78 is 0. The van der Waals surface area contributed by atoms with Crippen molar-refractivity contribution in [3.05, 3.63) is 0 Å². The van der Waals surface area contributed by atoms with E-state index >= 15 is 0 Å². The minimum absolute atomic E-state index is 0.644. The smallest absolute Gasteiger partial charge is 0.300 e. The molecule has 0 amide bonds. The summed E-state index contributed by atoms with van der Waals surface area (Å²) in [5.41, 5.74) is 0. The Kier molecular flexibility index (Phi) is 5.32. The number of nitrogens with zero attached hydrogens (tertiary/aromatic N) is 1. The van der Waals surface area contributed by atoms with Crippen molar-refractivity contribution in [3.8, 4) is 0 Å². The predicted molar refractivity (Wildman–Crippen MR) is 48.2 cm³/mol. The molecule has 0 aromatic carbocycles. The van der Waals surface area contributed by atoms with Crippen molar-refractivity contribution < 1.29 is 9.90 Å². The number of thiol groups is 1. The van der Waals surface area contributed by atoms with Gasteiger partial charge in [0.25, 0.3) is 5.97 Å². The molecule has 1 unspecified atom stereocenters. The fourth-order valence-electron chi connectivity index (χ4n) is 0.912. The van der Waals surface area contributed by atoms with Crippen LogP contribution in [-0.2, 0) is 4.79 Å². The van der Waals surface area contributed by atoms with Crippen LogP contribution in [0.3, 0.4) is 0 Å². The summed E-state index contributed by atoms with van der Waals surface area (Å²) in [6.45, 7) is 3.48. The summed E-state index contributed by atoms with van der Waals surface area (Å²) in [5.74, 6) is -0.833. The molecule has 0 aliphatic carbocycles. The van der Waals surface area contributed by atoms with Crippen LogP contribution < -0.4 is 0 Å². The van der Waals surface area contributed by atoms with Gasteiger partial charge in [0.05, 0.1) is 0 Å². The topological polar surface area (TPSA) is 40.5 Å². The van der Waals surface area contributed by atoms with Gasteiger partial charge in [0, 0.05) is 18.7 Å². The summed E-state index contributed by atoms with van der Waals surface area (Å²) >= 11 is 4.31. The molecule has 1 atom stereocenters. The van der Waals surface area contributed by atoms with Gasteiger partial charge in [-0.3, -0.25) is 4.79 Å². The fraction of sp³-hybridized carbons (Fsp3) is 0.857. The van der Waals surface area contributed by atoms with E-state index in [-0.39, 0.29) is 0 Å². The Balaban J connectivity index is 0.000000218. The van der Waals surface area contributed by atoms with E-state index in [2.05, 4.69) is 24.6 Å². The second kappa shape index (κ2) is 5.43. The van der Waals surface area contributed by atoms with Gasteiger partial charge in [-0.15, -0.1) is 0 Å². The summed E-state index contributed by atoms with van der Waals surface area (Å²) in [6, 6.07) is 0. The highest BCUT2D eigenvalue weighted by Crippen LogP contribution is 2.10. The number of carboxylic acids is 1. The summed E-state index contributed by atoms with van der Waals surface area (Å²) in [4.78, 5) is 11.3. The zero-order valence-electron chi connectivity index (χ0n) is 6.95. The van der Waals surface area contributed by atoms with Crippen LogP contribution in [0, 0.1) is 0 Å². The normalized spacial score (nSPS) is 24.1. The molecule has 11 heavy (non-hydrogen) atoms. The largest absolute Gasteiger partial charge is 0.481 e. The van der Waals surface area contributed by atoms with Gasteiger partial charge in [0.15, 0.2) is 0 Å². The number of carboxylic acid groups (broad SMARTS) is 1. The van der Waals surface area contributed by atoms with E-state index in [9.17, 15) is 0 Å². The van der Waals surface area contributed by atoms with Crippen molar-refractivity contribution in [3.63, 3.8) is 0 Å². The molecular formula is C7H15NO2S. The lowest BCUT2D eigenvalue weighted by Gasteiger charge is -2.03. The van der Waals surface area contributed by atoms with Crippen LogP contribution in [0.1, 0.15) is 13.3 Å². The molecule has 1 fully saturated rings. The number of rotatable bonds is 0. The molecule has 0 bridgehead atoms. The molecule has 0 aromatic heterocycles. The maximum absolute atomic E-state index is 9.00. The van der Waals surface area contributed by atoms with Gasteiger partial charge in [-0.25, -0.2) is 0 Å². The minimum atomic E-state index is -0.833. The molecule has 1 aliphatic rings. The van der Waals surface area contributed by atoms with Crippen LogP contribution in [0.5, 0.6) is 0 Å². The first-order chi connectivity index (χ1) is 5.02. The van der Waals surface area contributed by atoms with Crippen LogP contribution in [0.4, 0.5) is 0 Å². The third kappa shape index (κ3) is 7.68. The Labute approximate surface area is 72.8 Å². The molecule has 0 radical (unpaired) electrons. The number of hydrogen-bond acceptors (Lipinski definition) is 3. The Morgan fingerprint density at radius 2 is 2.18 bits per heavy atom. The summed E-state index contributed by atoms with van der Waals surface area (Å²) in [7, 11) is 2.14. The van der Waals surface area contributed by atoms with E-state index in [1.54, 1.807) is 0 Å². The average Bonchev–Trinajstić information content (AvgIpc) is 2.13. The maximum Gasteiger partial charge on any atom is 0.300 e. The molecule has 1 heterocycles. The first kappa shape index (κ1) is 10.8. The van der Waals surface area contributed by atoms with Crippen molar-refractivity contribution in [1.82, 2.24) is 4.90 Å². The van der Waals surface area contributed by atoms with Crippen LogP contribution in [0.25, 0.3) is 0 Å². The second-order valence-corrected chi connectivity index (χ2v) is 3.45. The van der Waals surface area contributed by atoms with Gasteiger partial charge in [-0.1, -0.05) is 0 Å². The highest BCUT2D eigenvalue weighted by molar-refractivity contribution is 7.81. The highest BCUT2D eigenvalue weighted by atomic mass is 32.1. The molecular weight excluding hydrogens is 162 g/mol. The van der Waals surface area contributed by atoms with Crippen LogP contribution >= 0.6 is 12.6 Å². The SMILES string of the molecule is CC(=O)O.CN1CCC(S)C1. The lowest BCUT2D eigenvalue weighted by Crippen LogP contribution is -2.13. The van der Waals surface area contributed by atoms with Crippen molar-refractivity contribution >= 4 is 18.6 Å². The standard InChI is InChI=1S/C5H11NS.C2H4O2/c1-6-3-2-5(7)4-6;1-2(3)4/h5,7H,2-4H2,1H3;1H3,(H,3,4). The monoisotopic (exact) mass is 177 g/mol. The average molecular weight is 177 g/mol. The van der Waals surface area contributed by atoms with Gasteiger partial charge in [-0.05, 0) is 20.0 Å². The molecule has 1 saturated heterocycles. The minimum Gasteiger partial charge on any atom is -0.481 e. The van der Waals surface area contributed by atoms with Crippen LogP contribution in [-0.4, -0.2) is 41.4 Å². The number of carbonyl (C=O) groups is 1. The van der Waals surface area contributed by atoms with E-state index in [0.29, 0.717) is 5.25 Å². The molecule has 1 rings (SSSR count). The molecule has 1 N–H and O–H groups in total. The lowest BCUT2D eigenvalue weighted by molar-refractivity contribution is -0.134. The number of hydrogen-bond donors (Lipinski definition) is 2. The Bertz CT molecular complexity index is 118. The van der Waals surface area contributed by atoms with E-state index in [0.717, 1.165) is 6.92 Å². The van der Waals surface area contributed by atoms with E-state index < -0.39 is 5.97 Å². The summed E-state index contributed by atoms with van der Waals surface area (Å²) in [5, 5.41) is 8.06. The van der Waals surface area contributed by atoms with Gasteiger partial charge < -0.3 is 10.0 Å². The quantitative estimate of drug-likeness (QED) is 0.535. The molecule has 0 saturated carbocycles. The fourth-order valence-corrected chi connectivity index (χ4v) is 1.31. The van der Waals surface area contributed by atoms with Crippen molar-refractivity contribution in [2.45, 2.75) is 18.6 Å². The predicted octanol–water partition coefficient (Wildman–Crippen LogP) is 0.711. The first-order valence-corrected chi connectivity index (χ1v) is 4.10. The van der Waals surface area contributed by atoms with Crippen LogP contribution in [0.2, 0.25) is 0 Å². The highest BCUT2D eigenvalue weighted by Gasteiger charge is 2.14. The number of aliphatic carboxylic acids is 1. The van der Waals surface area contributed by atoms with Crippen molar-refractivity contribution in [2.24, 2.45) is 0 Å². The summed E-state index contributed by atoms with van der Waals surface area (Å²) in [6.07, 6.45) is 1.26. The second-order valence-electron chi connectivity index (χ2n) is 2.72. The zero-order chi connectivity index (χ0) is 8.85. The first-order valence-electron chi connectivity index (χ1n) is 3.58. The van der Waals surface area contributed by atoms with E-state index in [4.69, 9.17) is 9.90 Å². The lowest BCUT2D eigenvalue weighted by atomic mass is 10.4. The van der Waals surface area contributed by atoms with E-state index in [1.807, 2.05) is 0 Å². The van der Waals surface area contributed by atoms with Crippen molar-refractivity contribution in [1.29, 1.82) is 0 Å². The Morgan fingerprint density at radius 3 is 2.27 bits per heavy atom. The van der Waals surface area contributed by atoms with Gasteiger partial charge in [0.2, 0.25) is 0 Å². The Hall–Kier alpha value is -0.220. The number of likely N-dealkylation sites (tertiary alicyclic amines) is 1. The third-order valence-corrected chi connectivity index (χ3v) is 1.79. The Morgan fingerprint density at radius 1 is 1.73 bits per heavy atom. The van der Waals surface area contributed by atoms with Gasteiger partial charge in [0.1, 0.15) is 0 Å². The molecule has 3 nitrogen and oxygen atoms in total. The van der Waals surface area contributed by atoms with Gasteiger partial charge >= 0.3 is 0 Å². The molecule has 1 aliphatic heterocycles. The zero-order valence-corrected chi connectivity index (χ0v) is 7.84. The van der Waals surface area contributed by atoms with Gasteiger partial charge in [-0.2, -0.15) is 12.6 Å². The third-order valence-electron chi connectivity index (χ3n) is 1.37. The molecule has 4 heteroatoms. The van der Waals surface area contributed by atoms with Crippen molar-refractivity contribution in [2.75, 3.05) is 20.1 Å². The van der Waals surface area contributed by atoms with Crippen LogP contribution in [0.15, 0.2) is 0 Å².